The predicted molar refractivity (Wildman–Crippen MR) is 64.8 cm³/mol. The van der Waals surface area contributed by atoms with Crippen LogP contribution in [0.2, 0.25) is 0 Å². The molecule has 1 aliphatic carbocycles. The van der Waals surface area contributed by atoms with Crippen molar-refractivity contribution in [1.29, 1.82) is 0 Å². The van der Waals surface area contributed by atoms with Gasteiger partial charge >= 0.3 is 0 Å². The summed E-state index contributed by atoms with van der Waals surface area (Å²) in [6.45, 7) is 7.08. The van der Waals surface area contributed by atoms with Gasteiger partial charge in [-0.25, -0.2) is 0 Å². The van der Waals surface area contributed by atoms with E-state index in [1.54, 1.807) is 0 Å². The van der Waals surface area contributed by atoms with E-state index in [9.17, 15) is 0 Å². The van der Waals surface area contributed by atoms with Gasteiger partial charge in [0, 0.05) is 16.9 Å². The number of hydrogen-bond donors (Lipinski definition) is 1. The minimum atomic E-state index is -0.00246. The summed E-state index contributed by atoms with van der Waals surface area (Å²) in [5, 5.41) is 0.699. The van der Waals surface area contributed by atoms with Gasteiger partial charge < -0.3 is 10.5 Å². The Morgan fingerprint density at radius 3 is 2.62 bits per heavy atom. The molecule has 90 valence electrons. The van der Waals surface area contributed by atoms with Crippen molar-refractivity contribution in [2.45, 2.75) is 45.1 Å². The SMILES string of the molecule is CC(C)(C)c1nsc(OC2CC(CN)C2)n1. The lowest BCUT2D eigenvalue weighted by Gasteiger charge is -2.33. The summed E-state index contributed by atoms with van der Waals surface area (Å²) >= 11 is 1.35. The molecule has 0 amide bonds. The van der Waals surface area contributed by atoms with Gasteiger partial charge in [-0.2, -0.15) is 9.36 Å². The molecule has 0 unspecified atom stereocenters. The van der Waals surface area contributed by atoms with Crippen LogP contribution in [0.1, 0.15) is 39.4 Å². The van der Waals surface area contributed by atoms with E-state index in [2.05, 4.69) is 30.1 Å². The molecule has 16 heavy (non-hydrogen) atoms. The first-order valence-electron chi connectivity index (χ1n) is 5.70. The molecule has 1 fully saturated rings. The molecule has 0 spiro atoms. The van der Waals surface area contributed by atoms with E-state index < -0.39 is 0 Å². The predicted octanol–water partition coefficient (Wildman–Crippen LogP) is 1.95. The molecule has 0 bridgehead atoms. The molecule has 0 aromatic carbocycles. The van der Waals surface area contributed by atoms with Gasteiger partial charge in [0.15, 0.2) is 5.82 Å². The van der Waals surface area contributed by atoms with Crippen molar-refractivity contribution in [2.24, 2.45) is 11.7 Å². The Kier molecular flexibility index (Phi) is 3.17. The number of ether oxygens (including phenoxy) is 1. The summed E-state index contributed by atoms with van der Waals surface area (Å²) < 4.78 is 10.1. The van der Waals surface area contributed by atoms with Crippen molar-refractivity contribution in [2.75, 3.05) is 6.54 Å². The second kappa shape index (κ2) is 4.30. The smallest absolute Gasteiger partial charge is 0.293 e. The summed E-state index contributed by atoms with van der Waals surface area (Å²) in [7, 11) is 0. The maximum Gasteiger partial charge on any atom is 0.293 e. The zero-order valence-corrected chi connectivity index (χ0v) is 10.9. The summed E-state index contributed by atoms with van der Waals surface area (Å²) in [4.78, 5) is 4.41. The standard InChI is InChI=1S/C11H19N3OS/c1-11(2,3)9-13-10(16-14-9)15-8-4-7(5-8)6-12/h7-8H,4-6,12H2,1-3H3. The highest BCUT2D eigenvalue weighted by molar-refractivity contribution is 7.07. The average Bonchev–Trinajstić information content (AvgIpc) is 2.57. The third-order valence-corrected chi connectivity index (χ3v) is 3.48. The molecule has 0 saturated heterocycles. The van der Waals surface area contributed by atoms with E-state index in [1.165, 1.54) is 11.5 Å². The molecule has 1 aliphatic rings. The first kappa shape index (κ1) is 11.8. The zero-order valence-electron chi connectivity index (χ0n) is 10.1. The Morgan fingerprint density at radius 1 is 1.44 bits per heavy atom. The topological polar surface area (TPSA) is 61.0 Å². The maximum atomic E-state index is 5.75. The second-order valence-corrected chi connectivity index (χ2v) is 6.16. The lowest BCUT2D eigenvalue weighted by Crippen LogP contribution is -2.37. The summed E-state index contributed by atoms with van der Waals surface area (Å²) in [5.74, 6) is 1.50. The third kappa shape index (κ3) is 2.52. The van der Waals surface area contributed by atoms with E-state index in [0.717, 1.165) is 25.2 Å². The zero-order chi connectivity index (χ0) is 11.8. The monoisotopic (exact) mass is 241 g/mol. The Hall–Kier alpha value is -0.680. The van der Waals surface area contributed by atoms with Crippen LogP contribution < -0.4 is 10.5 Å². The molecule has 1 aromatic rings. The van der Waals surface area contributed by atoms with Gasteiger partial charge in [-0.1, -0.05) is 20.8 Å². The molecule has 1 saturated carbocycles. The largest absolute Gasteiger partial charge is 0.466 e. The first-order valence-corrected chi connectivity index (χ1v) is 6.47. The summed E-state index contributed by atoms with van der Waals surface area (Å²) in [6, 6.07) is 0. The van der Waals surface area contributed by atoms with Crippen LogP contribution in [0, 0.1) is 5.92 Å². The van der Waals surface area contributed by atoms with Crippen molar-refractivity contribution < 1.29 is 4.74 Å². The summed E-state index contributed by atoms with van der Waals surface area (Å²) in [6.07, 6.45) is 2.41. The normalized spacial score (nSPS) is 25.2. The lowest BCUT2D eigenvalue weighted by atomic mass is 9.82. The highest BCUT2D eigenvalue weighted by Gasteiger charge is 2.31. The Labute approximate surface area is 100 Å². The molecule has 1 heterocycles. The molecule has 5 heteroatoms. The second-order valence-electron chi connectivity index (χ2n) is 5.45. The van der Waals surface area contributed by atoms with Crippen molar-refractivity contribution in [1.82, 2.24) is 9.36 Å². The van der Waals surface area contributed by atoms with E-state index in [0.29, 0.717) is 17.2 Å². The van der Waals surface area contributed by atoms with Crippen molar-refractivity contribution in [3.8, 4) is 5.19 Å². The minimum Gasteiger partial charge on any atom is -0.466 e. The average molecular weight is 241 g/mol. The van der Waals surface area contributed by atoms with Crippen LogP contribution in [-0.2, 0) is 5.41 Å². The van der Waals surface area contributed by atoms with E-state index >= 15 is 0 Å². The Morgan fingerprint density at radius 2 is 2.12 bits per heavy atom. The van der Waals surface area contributed by atoms with Crippen LogP contribution in [0.15, 0.2) is 0 Å². The highest BCUT2D eigenvalue weighted by atomic mass is 32.1. The molecule has 2 N–H and O–H groups in total. The van der Waals surface area contributed by atoms with Gasteiger partial charge in [0.2, 0.25) is 0 Å². The number of nitrogens with zero attached hydrogens (tertiary/aromatic N) is 2. The Bertz CT molecular complexity index is 352. The van der Waals surface area contributed by atoms with E-state index in [4.69, 9.17) is 10.5 Å². The van der Waals surface area contributed by atoms with Crippen LogP contribution in [0.4, 0.5) is 0 Å². The Balaban J connectivity index is 1.89. The molecule has 0 aliphatic heterocycles. The van der Waals surface area contributed by atoms with Crippen LogP contribution in [-0.4, -0.2) is 22.0 Å². The first-order chi connectivity index (χ1) is 7.49. The lowest BCUT2D eigenvalue weighted by molar-refractivity contribution is 0.0685. The van der Waals surface area contributed by atoms with Gasteiger partial charge in [-0.05, 0) is 25.3 Å². The fraction of sp³-hybridized carbons (Fsp3) is 0.818. The number of hydrogen-bond acceptors (Lipinski definition) is 5. The van der Waals surface area contributed by atoms with Gasteiger partial charge in [0.05, 0.1) is 0 Å². The van der Waals surface area contributed by atoms with Crippen LogP contribution in [0.3, 0.4) is 0 Å². The molecule has 4 nitrogen and oxygen atoms in total. The maximum absolute atomic E-state index is 5.75. The van der Waals surface area contributed by atoms with Crippen LogP contribution in [0.5, 0.6) is 5.19 Å². The third-order valence-electron chi connectivity index (χ3n) is 2.87. The molecule has 0 radical (unpaired) electrons. The fourth-order valence-corrected chi connectivity index (χ4v) is 2.45. The number of aromatic nitrogens is 2. The number of rotatable bonds is 3. The van der Waals surface area contributed by atoms with Gasteiger partial charge in [0.1, 0.15) is 6.10 Å². The van der Waals surface area contributed by atoms with Gasteiger partial charge in [0.25, 0.3) is 5.19 Å². The quantitative estimate of drug-likeness (QED) is 0.878. The van der Waals surface area contributed by atoms with Gasteiger partial charge in [-0.3, -0.25) is 0 Å². The van der Waals surface area contributed by atoms with E-state index in [-0.39, 0.29) is 5.41 Å². The van der Waals surface area contributed by atoms with Crippen LogP contribution in [0.25, 0.3) is 0 Å². The minimum absolute atomic E-state index is 0.00246. The molecule has 0 atom stereocenters. The number of nitrogens with two attached hydrogens (primary N) is 1. The van der Waals surface area contributed by atoms with Crippen molar-refractivity contribution >= 4 is 11.5 Å². The summed E-state index contributed by atoms with van der Waals surface area (Å²) in [5.41, 5.74) is 5.57. The molecular formula is C11H19N3OS. The van der Waals surface area contributed by atoms with Crippen molar-refractivity contribution in [3.63, 3.8) is 0 Å². The fourth-order valence-electron chi connectivity index (χ4n) is 1.67. The molecular weight excluding hydrogens is 222 g/mol. The molecule has 2 rings (SSSR count). The van der Waals surface area contributed by atoms with E-state index in [1.807, 2.05) is 0 Å². The highest BCUT2D eigenvalue weighted by Crippen LogP contribution is 2.32. The van der Waals surface area contributed by atoms with Crippen molar-refractivity contribution in [3.05, 3.63) is 5.82 Å². The van der Waals surface area contributed by atoms with Gasteiger partial charge in [-0.15, -0.1) is 0 Å². The van der Waals surface area contributed by atoms with Crippen LogP contribution >= 0.6 is 11.5 Å². The molecule has 1 aromatic heterocycles.